The Kier molecular flexibility index (Phi) is 15.5. The number of aliphatic hydroxyl groups is 3. The molecular weight excluding hydrogens is 654 g/mol. The number of carbonyl (C=O) groups excluding carboxylic acids is 2. The number of aromatic hydroxyl groups is 2. The highest BCUT2D eigenvalue weighted by Crippen LogP contribution is 2.37. The van der Waals surface area contributed by atoms with Gasteiger partial charge in [-0.2, -0.15) is 0 Å². The van der Waals surface area contributed by atoms with E-state index in [1.807, 2.05) is 32.9 Å². The van der Waals surface area contributed by atoms with Crippen molar-refractivity contribution >= 4 is 23.7 Å². The third-order valence-electron chi connectivity index (χ3n) is 10.7. The van der Waals surface area contributed by atoms with Gasteiger partial charge < -0.3 is 40.3 Å². The van der Waals surface area contributed by atoms with Gasteiger partial charge in [-0.1, -0.05) is 63.6 Å². The minimum absolute atomic E-state index is 0.0401. The van der Waals surface area contributed by atoms with Crippen LogP contribution in [0.3, 0.4) is 0 Å². The van der Waals surface area contributed by atoms with E-state index < -0.39 is 59.6 Å². The van der Waals surface area contributed by atoms with Crippen LogP contribution >= 0.6 is 0 Å². The van der Waals surface area contributed by atoms with Crippen molar-refractivity contribution in [3.05, 3.63) is 53.1 Å². The fourth-order valence-electron chi connectivity index (χ4n) is 7.01. The number of aliphatic carboxylic acids is 1. The number of nitrogens with zero attached hydrogens (tertiary/aromatic N) is 1. The molecule has 9 atom stereocenters. The number of aliphatic hydroxyl groups excluding tert-OH is 2. The number of hydrogen-bond donors (Lipinski definition) is 6. The number of Topliss-reactive ketones (excluding diaryl/α,β-unsaturated/α-hetero) is 1. The first-order chi connectivity index (χ1) is 24.0. The molecule has 11 nitrogen and oxygen atoms in total. The predicted molar refractivity (Wildman–Crippen MR) is 195 cm³/mol. The van der Waals surface area contributed by atoms with Gasteiger partial charge in [-0.05, 0) is 107 Å². The fourth-order valence-corrected chi connectivity index (χ4v) is 7.01. The normalized spacial score (nSPS) is 26.4. The van der Waals surface area contributed by atoms with Gasteiger partial charge in [0, 0.05) is 18.4 Å². The second-order valence-electron chi connectivity index (χ2n) is 14.8. The molecular formula is C40H59NO10. The first-order valence-corrected chi connectivity index (χ1v) is 18.4. The Hall–Kier alpha value is -3.51. The van der Waals surface area contributed by atoms with Gasteiger partial charge in [-0.15, -0.1) is 0 Å². The summed E-state index contributed by atoms with van der Waals surface area (Å²) in [6, 6.07) is 3.60. The highest BCUT2D eigenvalue weighted by atomic mass is 16.6. The summed E-state index contributed by atoms with van der Waals surface area (Å²) in [5.41, 5.74) is 2.81. The van der Waals surface area contributed by atoms with Crippen molar-refractivity contribution in [3.8, 4) is 11.5 Å². The van der Waals surface area contributed by atoms with Gasteiger partial charge in [0.2, 0.25) is 5.79 Å². The van der Waals surface area contributed by atoms with E-state index in [0.717, 1.165) is 34.5 Å². The lowest BCUT2D eigenvalue weighted by Gasteiger charge is -2.43. The molecule has 1 aromatic carbocycles. The summed E-state index contributed by atoms with van der Waals surface area (Å²) in [5, 5.41) is 62.3. The Morgan fingerprint density at radius 3 is 2.37 bits per heavy atom. The summed E-state index contributed by atoms with van der Waals surface area (Å²) >= 11 is 0. The molecule has 284 valence electrons. The number of ether oxygens (including phenoxy) is 1. The van der Waals surface area contributed by atoms with E-state index >= 15 is 0 Å². The Morgan fingerprint density at radius 2 is 1.73 bits per heavy atom. The average molecular weight is 714 g/mol. The van der Waals surface area contributed by atoms with Crippen molar-refractivity contribution in [2.24, 2.45) is 23.7 Å². The highest BCUT2D eigenvalue weighted by molar-refractivity contribution is 6.39. The van der Waals surface area contributed by atoms with Crippen molar-refractivity contribution in [2.45, 2.75) is 129 Å². The van der Waals surface area contributed by atoms with Crippen LogP contribution in [-0.4, -0.2) is 89.9 Å². The number of phenolic OH excluding ortho intramolecular Hbond substituents is 2. The van der Waals surface area contributed by atoms with Crippen LogP contribution in [-0.2, 0) is 19.1 Å². The minimum Gasteiger partial charge on any atom is -0.504 e. The van der Waals surface area contributed by atoms with E-state index in [0.29, 0.717) is 38.5 Å². The number of rotatable bonds is 16. The molecule has 2 aliphatic heterocycles. The number of allylic oxidation sites excluding steroid dienone is 3. The molecule has 3 rings (SSSR count). The summed E-state index contributed by atoms with van der Waals surface area (Å²) in [5.74, 6) is -7.11. The van der Waals surface area contributed by atoms with E-state index in [1.54, 1.807) is 26.0 Å². The molecule has 2 aliphatic rings. The van der Waals surface area contributed by atoms with Crippen LogP contribution < -0.4 is 0 Å². The topological polar surface area (TPSA) is 185 Å². The van der Waals surface area contributed by atoms with Crippen LogP contribution in [0.25, 0.3) is 6.08 Å². The maximum Gasteiger partial charge on any atom is 0.326 e. The van der Waals surface area contributed by atoms with Gasteiger partial charge in [0.05, 0.1) is 18.3 Å². The molecule has 0 radical (unpaired) electrons. The summed E-state index contributed by atoms with van der Waals surface area (Å²) < 4.78 is 5.91. The number of carboxylic acids is 1. The standard InChI is InChI=1S/C40H59NO10/c1-7-29(20-25(3)21-30-14-17-34(44)35(45)23-30)22-26(4)32(42)15-11-24(2)12-16-33(43)28(6)36-18-13-27(5)40(50,51-36)37(46)38(47)41-19-9-8-10-31(41)39(48)49/h12,14,16-17,21-24,27-29,31-33,36,42-45,50H,7-11,13,15,18-20H2,1-6H3,(H,48,49)/b16-12+,25-21+,26-22+. The van der Waals surface area contributed by atoms with Gasteiger partial charge in [-0.25, -0.2) is 4.79 Å². The molecule has 1 amide bonds. The molecule has 9 unspecified atom stereocenters. The number of benzene rings is 1. The van der Waals surface area contributed by atoms with Crippen molar-refractivity contribution < 1.29 is 49.8 Å². The third kappa shape index (κ3) is 11.2. The molecule has 0 bridgehead atoms. The molecule has 2 fully saturated rings. The number of phenols is 2. The van der Waals surface area contributed by atoms with Crippen molar-refractivity contribution in [2.75, 3.05) is 6.54 Å². The van der Waals surface area contributed by atoms with Crippen LogP contribution in [0.5, 0.6) is 11.5 Å². The van der Waals surface area contributed by atoms with Crippen LogP contribution in [0, 0.1) is 23.7 Å². The van der Waals surface area contributed by atoms with Crippen LogP contribution in [0.2, 0.25) is 0 Å². The summed E-state index contributed by atoms with van der Waals surface area (Å²) in [7, 11) is 0. The minimum atomic E-state index is -2.42. The maximum absolute atomic E-state index is 13.4. The van der Waals surface area contributed by atoms with Crippen molar-refractivity contribution in [3.63, 3.8) is 0 Å². The molecule has 0 aliphatic carbocycles. The number of ketones is 1. The number of piperidine rings is 1. The Labute approximate surface area is 302 Å². The van der Waals surface area contributed by atoms with Gasteiger partial charge in [0.15, 0.2) is 11.5 Å². The van der Waals surface area contributed by atoms with Crippen LogP contribution in [0.15, 0.2) is 47.6 Å². The van der Waals surface area contributed by atoms with E-state index in [1.165, 1.54) is 12.1 Å². The lowest BCUT2D eigenvalue weighted by atomic mass is 9.82. The Bertz CT molecular complexity index is 1450. The monoisotopic (exact) mass is 713 g/mol. The molecule has 0 aromatic heterocycles. The summed E-state index contributed by atoms with van der Waals surface area (Å²) in [6.45, 7) is 11.5. The van der Waals surface area contributed by atoms with E-state index in [9.17, 15) is 45.0 Å². The zero-order chi connectivity index (χ0) is 38.0. The second kappa shape index (κ2) is 18.8. The smallest absolute Gasteiger partial charge is 0.326 e. The van der Waals surface area contributed by atoms with Crippen LogP contribution in [0.1, 0.15) is 105 Å². The van der Waals surface area contributed by atoms with E-state index in [-0.39, 0.29) is 36.3 Å². The number of likely N-dealkylation sites (tertiary alicyclic amines) is 1. The number of carboxylic acid groups (broad SMARTS) is 1. The SMILES string of the molecule is CCC(/C=C(\C)C(O)CCC(C)/C=C/C(O)C(C)C1CCC(C)C(O)(C(=O)C(=O)N2CCCCC2C(=O)O)O1)C/C(C)=C/c1ccc(O)c(O)c1. The van der Waals surface area contributed by atoms with Crippen LogP contribution in [0.4, 0.5) is 0 Å². The lowest BCUT2D eigenvalue weighted by Crippen LogP contribution is -2.61. The molecule has 0 spiro atoms. The largest absolute Gasteiger partial charge is 0.504 e. The fraction of sp³-hybridized carbons (Fsp3) is 0.625. The lowest BCUT2D eigenvalue weighted by molar-refractivity contribution is -0.272. The summed E-state index contributed by atoms with van der Waals surface area (Å²) in [4.78, 5) is 39.3. The molecule has 0 saturated carbocycles. The molecule has 1 aromatic rings. The number of hydrogen-bond acceptors (Lipinski definition) is 9. The zero-order valence-electron chi connectivity index (χ0n) is 31.0. The molecule has 2 saturated heterocycles. The average Bonchev–Trinajstić information content (AvgIpc) is 3.10. The molecule has 51 heavy (non-hydrogen) atoms. The second-order valence-corrected chi connectivity index (χ2v) is 14.8. The van der Waals surface area contributed by atoms with Crippen molar-refractivity contribution in [1.29, 1.82) is 0 Å². The third-order valence-corrected chi connectivity index (χ3v) is 10.7. The van der Waals surface area contributed by atoms with Gasteiger partial charge in [0.25, 0.3) is 11.7 Å². The summed E-state index contributed by atoms with van der Waals surface area (Å²) in [6.07, 6.45) is 10.5. The Balaban J connectivity index is 1.54. The molecule has 6 N–H and O–H groups in total. The Morgan fingerprint density at radius 1 is 1.02 bits per heavy atom. The quantitative estimate of drug-likeness (QED) is 0.0702. The van der Waals surface area contributed by atoms with E-state index in [2.05, 4.69) is 13.0 Å². The highest BCUT2D eigenvalue weighted by Gasteiger charge is 2.53. The maximum atomic E-state index is 13.4. The zero-order valence-corrected chi connectivity index (χ0v) is 31.0. The predicted octanol–water partition coefficient (Wildman–Crippen LogP) is 5.73. The first-order valence-electron chi connectivity index (χ1n) is 18.4. The molecule has 11 heteroatoms. The number of amides is 1. The first kappa shape index (κ1) is 41.9. The van der Waals surface area contributed by atoms with Gasteiger partial charge in [0.1, 0.15) is 6.04 Å². The van der Waals surface area contributed by atoms with Crippen molar-refractivity contribution in [1.82, 2.24) is 4.90 Å². The van der Waals surface area contributed by atoms with Gasteiger partial charge >= 0.3 is 5.97 Å². The number of carbonyl (C=O) groups is 3. The molecule has 2 heterocycles. The van der Waals surface area contributed by atoms with Gasteiger partial charge in [-0.3, -0.25) is 9.59 Å². The van der Waals surface area contributed by atoms with E-state index in [4.69, 9.17) is 4.74 Å².